The molecular weight excluding hydrogens is 212 g/mol. The molecule has 1 aromatic heterocycles. The summed E-state index contributed by atoms with van der Waals surface area (Å²) < 4.78 is 4.98. The predicted molar refractivity (Wildman–Crippen MR) is 54.9 cm³/mol. The van der Waals surface area contributed by atoms with E-state index in [2.05, 4.69) is 10.3 Å². The molecule has 0 atom stereocenters. The van der Waals surface area contributed by atoms with Crippen molar-refractivity contribution in [3.63, 3.8) is 0 Å². The highest BCUT2D eigenvalue weighted by Gasteiger charge is 2.08. The molecule has 0 aliphatic carbocycles. The maximum absolute atomic E-state index is 11.1. The number of carboxylic acid groups (broad SMARTS) is 1. The number of ether oxygens (including phenoxy) is 1. The Morgan fingerprint density at radius 3 is 2.94 bits per heavy atom. The number of nitrogens with zero attached hydrogens (tertiary/aromatic N) is 1. The van der Waals surface area contributed by atoms with E-state index >= 15 is 0 Å². The molecule has 0 aromatic carbocycles. The lowest BCUT2D eigenvalue weighted by Gasteiger charge is -2.07. The van der Waals surface area contributed by atoms with Crippen LogP contribution in [0.2, 0.25) is 0 Å². The third-order valence-corrected chi connectivity index (χ3v) is 1.83. The largest absolute Gasteiger partial charge is 0.481 e. The van der Waals surface area contributed by atoms with Crippen molar-refractivity contribution >= 4 is 11.9 Å². The number of hydrogen-bond acceptors (Lipinski definition) is 4. The van der Waals surface area contributed by atoms with Crippen molar-refractivity contribution in [2.75, 3.05) is 7.11 Å². The van der Waals surface area contributed by atoms with Gasteiger partial charge in [0.1, 0.15) is 6.42 Å². The van der Waals surface area contributed by atoms with Crippen LogP contribution in [0.5, 0.6) is 5.88 Å². The highest BCUT2D eigenvalue weighted by molar-refractivity contribution is 5.93. The lowest BCUT2D eigenvalue weighted by atomic mass is 10.2. The molecule has 0 aliphatic rings. The standard InChI is InChI=1S/C10H12N2O4/c1-16-10-7(3-2-4-11-10)6-12-8(13)5-9(14)15/h2-4H,5-6H2,1H3,(H,12,13)(H,14,15). The normalized spacial score (nSPS) is 9.56. The Morgan fingerprint density at radius 1 is 1.56 bits per heavy atom. The fraction of sp³-hybridized carbons (Fsp3) is 0.300. The molecule has 0 fully saturated rings. The van der Waals surface area contributed by atoms with Crippen molar-refractivity contribution in [3.8, 4) is 5.88 Å². The SMILES string of the molecule is COc1ncccc1CNC(=O)CC(=O)O. The Morgan fingerprint density at radius 2 is 2.31 bits per heavy atom. The van der Waals surface area contributed by atoms with E-state index in [0.29, 0.717) is 11.4 Å². The molecule has 0 radical (unpaired) electrons. The zero-order valence-corrected chi connectivity index (χ0v) is 8.77. The topological polar surface area (TPSA) is 88.5 Å². The van der Waals surface area contributed by atoms with Crippen LogP contribution in [0.4, 0.5) is 0 Å². The van der Waals surface area contributed by atoms with Crippen molar-refractivity contribution in [2.24, 2.45) is 0 Å². The molecule has 1 amide bonds. The van der Waals surface area contributed by atoms with Gasteiger partial charge in [-0.2, -0.15) is 0 Å². The first-order valence-electron chi connectivity index (χ1n) is 4.60. The van der Waals surface area contributed by atoms with E-state index in [4.69, 9.17) is 9.84 Å². The molecule has 0 saturated carbocycles. The summed E-state index contributed by atoms with van der Waals surface area (Å²) in [5.74, 6) is -1.29. The van der Waals surface area contributed by atoms with Gasteiger partial charge in [-0.15, -0.1) is 0 Å². The maximum Gasteiger partial charge on any atom is 0.312 e. The lowest BCUT2D eigenvalue weighted by Crippen LogP contribution is -2.25. The van der Waals surface area contributed by atoms with E-state index in [0.717, 1.165) is 0 Å². The third kappa shape index (κ3) is 3.56. The molecule has 6 nitrogen and oxygen atoms in total. The van der Waals surface area contributed by atoms with Crippen LogP contribution in [0.15, 0.2) is 18.3 Å². The van der Waals surface area contributed by atoms with E-state index in [1.54, 1.807) is 18.3 Å². The fourth-order valence-electron chi connectivity index (χ4n) is 1.14. The van der Waals surface area contributed by atoms with Crippen molar-refractivity contribution in [3.05, 3.63) is 23.9 Å². The summed E-state index contributed by atoms with van der Waals surface area (Å²) in [4.78, 5) is 25.3. The van der Waals surface area contributed by atoms with Crippen LogP contribution in [0.25, 0.3) is 0 Å². The Bertz CT molecular complexity index is 392. The van der Waals surface area contributed by atoms with Crippen LogP contribution in [0.1, 0.15) is 12.0 Å². The molecule has 0 saturated heterocycles. The third-order valence-electron chi connectivity index (χ3n) is 1.83. The van der Waals surface area contributed by atoms with Gasteiger partial charge in [0.2, 0.25) is 11.8 Å². The Balaban J connectivity index is 2.54. The number of carbonyl (C=O) groups excluding carboxylic acids is 1. The summed E-state index contributed by atoms with van der Waals surface area (Å²) >= 11 is 0. The highest BCUT2D eigenvalue weighted by atomic mass is 16.5. The Labute approximate surface area is 92.3 Å². The molecule has 0 bridgehead atoms. The molecule has 6 heteroatoms. The number of methoxy groups -OCH3 is 1. The molecule has 0 unspecified atom stereocenters. The summed E-state index contributed by atoms with van der Waals surface area (Å²) in [6, 6.07) is 3.45. The number of amides is 1. The van der Waals surface area contributed by atoms with Crippen molar-refractivity contribution in [1.29, 1.82) is 0 Å². The second-order valence-corrected chi connectivity index (χ2v) is 3.02. The number of carbonyl (C=O) groups is 2. The summed E-state index contributed by atoms with van der Waals surface area (Å²) in [5.41, 5.74) is 0.698. The minimum atomic E-state index is -1.16. The van der Waals surface area contributed by atoms with Gasteiger partial charge in [0.15, 0.2) is 0 Å². The average Bonchev–Trinajstić information content (AvgIpc) is 2.26. The maximum atomic E-state index is 11.1. The molecule has 1 aromatic rings. The van der Waals surface area contributed by atoms with Crippen LogP contribution >= 0.6 is 0 Å². The molecule has 1 heterocycles. The molecule has 0 aliphatic heterocycles. The van der Waals surface area contributed by atoms with E-state index in [1.165, 1.54) is 7.11 Å². The monoisotopic (exact) mass is 224 g/mol. The average molecular weight is 224 g/mol. The molecule has 1 rings (SSSR count). The van der Waals surface area contributed by atoms with Crippen molar-refractivity contribution < 1.29 is 19.4 Å². The molecule has 86 valence electrons. The van der Waals surface area contributed by atoms with Gasteiger partial charge in [0.05, 0.1) is 7.11 Å². The van der Waals surface area contributed by atoms with E-state index < -0.39 is 18.3 Å². The quantitative estimate of drug-likeness (QED) is 0.696. The van der Waals surface area contributed by atoms with E-state index in [1.807, 2.05) is 0 Å². The zero-order valence-electron chi connectivity index (χ0n) is 8.77. The van der Waals surface area contributed by atoms with Gasteiger partial charge in [0, 0.05) is 18.3 Å². The first-order chi connectivity index (χ1) is 7.63. The summed E-state index contributed by atoms with van der Waals surface area (Å²) in [5, 5.41) is 10.8. The zero-order chi connectivity index (χ0) is 12.0. The van der Waals surface area contributed by atoms with Gasteiger partial charge in [0.25, 0.3) is 0 Å². The van der Waals surface area contributed by atoms with Gasteiger partial charge in [-0.05, 0) is 6.07 Å². The van der Waals surface area contributed by atoms with Gasteiger partial charge in [-0.3, -0.25) is 9.59 Å². The first kappa shape index (κ1) is 12.0. The minimum absolute atomic E-state index is 0.198. The van der Waals surface area contributed by atoms with Gasteiger partial charge in [-0.25, -0.2) is 4.98 Å². The molecule has 0 spiro atoms. The Hall–Kier alpha value is -2.11. The number of pyridine rings is 1. The number of rotatable bonds is 5. The minimum Gasteiger partial charge on any atom is -0.481 e. The first-order valence-corrected chi connectivity index (χ1v) is 4.60. The molecular formula is C10H12N2O4. The van der Waals surface area contributed by atoms with Gasteiger partial charge >= 0.3 is 5.97 Å². The number of carboxylic acids is 1. The number of aromatic nitrogens is 1. The summed E-state index contributed by atoms with van der Waals surface area (Å²) in [6.45, 7) is 0.198. The highest BCUT2D eigenvalue weighted by Crippen LogP contribution is 2.12. The number of aliphatic carboxylic acids is 1. The Kier molecular flexibility index (Phi) is 4.26. The smallest absolute Gasteiger partial charge is 0.312 e. The van der Waals surface area contributed by atoms with Crippen LogP contribution in [-0.4, -0.2) is 29.1 Å². The second-order valence-electron chi connectivity index (χ2n) is 3.02. The second kappa shape index (κ2) is 5.69. The molecule has 16 heavy (non-hydrogen) atoms. The van der Waals surface area contributed by atoms with Crippen LogP contribution in [0.3, 0.4) is 0 Å². The fourth-order valence-corrected chi connectivity index (χ4v) is 1.14. The van der Waals surface area contributed by atoms with E-state index in [-0.39, 0.29) is 6.54 Å². The summed E-state index contributed by atoms with van der Waals surface area (Å²) in [6.07, 6.45) is 1.03. The predicted octanol–water partition coefficient (Wildman–Crippen LogP) is 0.181. The van der Waals surface area contributed by atoms with Crippen molar-refractivity contribution in [2.45, 2.75) is 13.0 Å². The summed E-state index contributed by atoms with van der Waals surface area (Å²) in [7, 11) is 1.48. The molecule has 2 N–H and O–H groups in total. The van der Waals surface area contributed by atoms with Crippen LogP contribution < -0.4 is 10.1 Å². The number of hydrogen-bond donors (Lipinski definition) is 2. The van der Waals surface area contributed by atoms with E-state index in [9.17, 15) is 9.59 Å². The van der Waals surface area contributed by atoms with Gasteiger partial charge < -0.3 is 15.2 Å². The van der Waals surface area contributed by atoms with Crippen LogP contribution in [0, 0.1) is 0 Å². The van der Waals surface area contributed by atoms with Crippen LogP contribution in [-0.2, 0) is 16.1 Å². The lowest BCUT2D eigenvalue weighted by molar-refractivity contribution is -0.140. The number of nitrogens with one attached hydrogen (secondary N) is 1. The van der Waals surface area contributed by atoms with Crippen molar-refractivity contribution in [1.82, 2.24) is 10.3 Å². The van der Waals surface area contributed by atoms with Gasteiger partial charge in [-0.1, -0.05) is 6.07 Å².